The number of hydrogen-bond donors (Lipinski definition) is 3. The van der Waals surface area contributed by atoms with Crippen LogP contribution in [0.1, 0.15) is 45.1 Å². The molecule has 2 unspecified atom stereocenters. The number of aromatic hydroxyl groups is 3. The Morgan fingerprint density at radius 2 is 1.73 bits per heavy atom. The van der Waals surface area contributed by atoms with Crippen molar-refractivity contribution in [1.29, 1.82) is 0 Å². The molecule has 0 aromatic heterocycles. The fourth-order valence-electron chi connectivity index (χ4n) is 4.54. The first-order valence-corrected chi connectivity index (χ1v) is 7.64. The number of benzene rings is 1. The highest BCUT2D eigenvalue weighted by atomic mass is 16.5. The largest absolute Gasteiger partial charge is 0.508 e. The number of fused-ring (bicyclic) bond motifs is 2. The minimum absolute atomic E-state index is 0.0141. The fraction of sp³-hybridized carbons (Fsp3) is 0.588. The summed E-state index contributed by atoms with van der Waals surface area (Å²) in [6.45, 7) is 5.69. The second kappa shape index (κ2) is 4.80. The van der Waals surface area contributed by atoms with E-state index in [1.165, 1.54) is 19.1 Å². The van der Waals surface area contributed by atoms with Crippen LogP contribution in [0.15, 0.2) is 12.1 Å². The summed E-state index contributed by atoms with van der Waals surface area (Å²) < 4.78 is 5.48. The zero-order valence-electron chi connectivity index (χ0n) is 13.0. The molecule has 4 rings (SSSR count). The number of hydrogen-bond acceptors (Lipinski definition) is 5. The van der Waals surface area contributed by atoms with Crippen molar-refractivity contribution in [1.82, 2.24) is 0 Å². The molecule has 3 N–H and O–H groups in total. The van der Waals surface area contributed by atoms with Gasteiger partial charge in [0, 0.05) is 30.5 Å². The third kappa shape index (κ3) is 2.11. The van der Waals surface area contributed by atoms with Gasteiger partial charge in [0.05, 0.1) is 0 Å². The van der Waals surface area contributed by atoms with Gasteiger partial charge >= 0.3 is 5.97 Å². The van der Waals surface area contributed by atoms with E-state index in [9.17, 15) is 20.1 Å². The lowest BCUT2D eigenvalue weighted by Crippen LogP contribution is -2.58. The van der Waals surface area contributed by atoms with Gasteiger partial charge in [-0.3, -0.25) is 4.79 Å². The zero-order valence-corrected chi connectivity index (χ0v) is 13.0. The maximum atomic E-state index is 11.4. The second-order valence-corrected chi connectivity index (χ2v) is 7.16. The van der Waals surface area contributed by atoms with Gasteiger partial charge in [0.1, 0.15) is 23.4 Å². The third-order valence-corrected chi connectivity index (χ3v) is 5.65. The van der Waals surface area contributed by atoms with Crippen molar-refractivity contribution in [2.45, 2.75) is 45.6 Å². The Morgan fingerprint density at radius 3 is 2.23 bits per heavy atom. The second-order valence-electron chi connectivity index (χ2n) is 7.16. The van der Waals surface area contributed by atoms with Crippen LogP contribution in [0.25, 0.3) is 0 Å². The molecule has 2 bridgehead atoms. The van der Waals surface area contributed by atoms with Crippen LogP contribution >= 0.6 is 0 Å². The van der Waals surface area contributed by atoms with E-state index in [4.69, 9.17) is 4.74 Å². The Kier molecular flexibility index (Phi) is 3.27. The van der Waals surface area contributed by atoms with Crippen molar-refractivity contribution in [2.75, 3.05) is 0 Å². The smallest absolute Gasteiger partial charge is 0.302 e. The highest BCUT2D eigenvalue weighted by molar-refractivity contribution is 5.66. The van der Waals surface area contributed by atoms with Crippen molar-refractivity contribution < 1.29 is 24.9 Å². The average Bonchev–Trinajstić information content (AvgIpc) is 2.35. The number of carbonyl (C=O) groups excluding carboxylic acids is 1. The van der Waals surface area contributed by atoms with Crippen molar-refractivity contribution in [3.05, 3.63) is 17.7 Å². The number of esters is 1. The Bertz CT molecular complexity index is 598. The van der Waals surface area contributed by atoms with E-state index in [0.717, 1.165) is 6.42 Å². The molecule has 1 aromatic carbocycles. The van der Waals surface area contributed by atoms with Crippen LogP contribution < -0.4 is 0 Å². The molecule has 3 aliphatic rings. The maximum Gasteiger partial charge on any atom is 0.302 e. The molecular weight excluding hydrogens is 284 g/mol. The molecule has 0 saturated heterocycles. The molecule has 120 valence electrons. The van der Waals surface area contributed by atoms with Gasteiger partial charge in [0.25, 0.3) is 0 Å². The van der Waals surface area contributed by atoms with Gasteiger partial charge in [0.15, 0.2) is 0 Å². The minimum atomic E-state index is -0.302. The quantitative estimate of drug-likeness (QED) is 0.731. The molecule has 0 aliphatic heterocycles. The van der Waals surface area contributed by atoms with E-state index in [1.54, 1.807) is 0 Å². The summed E-state index contributed by atoms with van der Waals surface area (Å²) in [6, 6.07) is 2.49. The van der Waals surface area contributed by atoms with Crippen molar-refractivity contribution >= 4 is 5.97 Å². The van der Waals surface area contributed by atoms with Gasteiger partial charge in [-0.1, -0.05) is 13.8 Å². The first kappa shape index (κ1) is 15.0. The molecule has 22 heavy (non-hydrogen) atoms. The highest BCUT2D eigenvalue weighted by Gasteiger charge is 2.60. The predicted molar refractivity (Wildman–Crippen MR) is 79.7 cm³/mol. The van der Waals surface area contributed by atoms with Gasteiger partial charge in [0.2, 0.25) is 0 Å². The molecule has 4 atom stereocenters. The summed E-state index contributed by atoms with van der Waals surface area (Å²) in [5.74, 6) is -0.147. The van der Waals surface area contributed by atoms with Crippen molar-refractivity contribution in [3.8, 4) is 17.2 Å². The van der Waals surface area contributed by atoms with Crippen molar-refractivity contribution in [3.63, 3.8) is 0 Å². The fourth-order valence-corrected chi connectivity index (χ4v) is 4.54. The normalized spacial score (nSPS) is 32.1. The first-order chi connectivity index (χ1) is 10.2. The number of phenols is 3. The van der Waals surface area contributed by atoms with E-state index in [1.807, 2.05) is 0 Å². The maximum absolute atomic E-state index is 11.4. The summed E-state index contributed by atoms with van der Waals surface area (Å²) in [7, 11) is 0. The van der Waals surface area contributed by atoms with Crippen LogP contribution in [0.3, 0.4) is 0 Å². The molecule has 1 aromatic rings. The molecule has 5 nitrogen and oxygen atoms in total. The number of carbonyl (C=O) groups is 1. The van der Waals surface area contributed by atoms with Crippen LogP contribution in [0.5, 0.6) is 17.2 Å². The average molecular weight is 306 g/mol. The number of ether oxygens (including phenoxy) is 1. The van der Waals surface area contributed by atoms with Crippen LogP contribution in [0.4, 0.5) is 0 Å². The summed E-state index contributed by atoms with van der Waals surface area (Å²) >= 11 is 0. The molecule has 0 radical (unpaired) electrons. The van der Waals surface area contributed by atoms with E-state index in [2.05, 4.69) is 13.8 Å². The molecule has 3 fully saturated rings. The molecular formula is C17H22O5. The summed E-state index contributed by atoms with van der Waals surface area (Å²) in [4.78, 5) is 11.4. The van der Waals surface area contributed by atoms with E-state index in [-0.39, 0.29) is 40.7 Å². The van der Waals surface area contributed by atoms with Gasteiger partial charge in [-0.05, 0) is 30.1 Å². The molecule has 0 spiro atoms. The van der Waals surface area contributed by atoms with E-state index in [0.29, 0.717) is 23.8 Å². The third-order valence-electron chi connectivity index (χ3n) is 5.65. The standard InChI is InChI=1S/C17H22O5/c1-8(18)22-15-6-10(11-7-12(15)17(11,2)3)16-13(20)4-9(19)5-14(16)21/h4-5,10-12,15,19-21H,6-7H2,1-3H3/t10-,11?,12+,15?/m1/s1. The summed E-state index contributed by atoms with van der Waals surface area (Å²) in [6.07, 6.45) is 1.30. The molecule has 3 saturated carbocycles. The van der Waals surface area contributed by atoms with Crippen LogP contribution in [0, 0.1) is 17.3 Å². The molecule has 0 amide bonds. The first-order valence-electron chi connectivity index (χ1n) is 7.64. The lowest BCUT2D eigenvalue weighted by molar-refractivity contribution is -0.185. The Labute approximate surface area is 129 Å². The lowest BCUT2D eigenvalue weighted by atomic mass is 9.43. The molecule has 0 heterocycles. The molecule has 5 heteroatoms. The number of phenolic OH excluding ortho intramolecular Hbond substituents is 3. The summed E-state index contributed by atoms with van der Waals surface area (Å²) in [5, 5.41) is 29.8. The van der Waals surface area contributed by atoms with Gasteiger partial charge in [-0.25, -0.2) is 0 Å². The number of rotatable bonds is 2. The summed E-state index contributed by atoms with van der Waals surface area (Å²) in [5.41, 5.74) is 0.436. The highest BCUT2D eigenvalue weighted by Crippen LogP contribution is 2.66. The molecule has 3 aliphatic carbocycles. The van der Waals surface area contributed by atoms with Crippen LogP contribution in [-0.2, 0) is 9.53 Å². The Balaban J connectivity index is 1.99. The predicted octanol–water partition coefficient (Wildman–Crippen LogP) is 2.88. The topological polar surface area (TPSA) is 87.0 Å². The monoisotopic (exact) mass is 306 g/mol. The van der Waals surface area contributed by atoms with E-state index < -0.39 is 0 Å². The van der Waals surface area contributed by atoms with Gasteiger partial charge in [-0.2, -0.15) is 0 Å². The van der Waals surface area contributed by atoms with Gasteiger partial charge in [-0.15, -0.1) is 0 Å². The minimum Gasteiger partial charge on any atom is -0.508 e. The van der Waals surface area contributed by atoms with Gasteiger partial charge < -0.3 is 20.1 Å². The lowest BCUT2D eigenvalue weighted by Gasteiger charge is -2.62. The Hall–Kier alpha value is -1.91. The zero-order chi connectivity index (χ0) is 16.2. The van der Waals surface area contributed by atoms with Crippen LogP contribution in [-0.4, -0.2) is 27.4 Å². The Morgan fingerprint density at radius 1 is 1.14 bits per heavy atom. The van der Waals surface area contributed by atoms with Crippen LogP contribution in [0.2, 0.25) is 0 Å². The van der Waals surface area contributed by atoms with E-state index >= 15 is 0 Å². The van der Waals surface area contributed by atoms with Crippen molar-refractivity contribution in [2.24, 2.45) is 17.3 Å². The SMILES string of the molecule is CC(=O)OC1C[C@@H](c2c(O)cc(O)cc2O)C2C[C@@H]1C2(C)C.